The number of ether oxygens (including phenoxy) is 1. The maximum absolute atomic E-state index is 13.6. The first kappa shape index (κ1) is 27.5. The number of hydrogen-bond acceptors (Lipinski definition) is 6. The van der Waals surface area contributed by atoms with Crippen LogP contribution in [0.4, 0.5) is 4.79 Å². The molecule has 0 radical (unpaired) electrons. The molecule has 0 aliphatic carbocycles. The number of thioether (sulfide) groups is 1. The van der Waals surface area contributed by atoms with Crippen molar-refractivity contribution in [1.82, 2.24) is 14.5 Å². The smallest absolute Gasteiger partial charge is 0.411 e. The summed E-state index contributed by atoms with van der Waals surface area (Å²) in [6, 6.07) is 17.6. The van der Waals surface area contributed by atoms with Crippen molar-refractivity contribution in [3.63, 3.8) is 0 Å². The Hall–Kier alpha value is -2.56. The number of carbonyl (C=O) groups is 2. The van der Waals surface area contributed by atoms with E-state index in [1.165, 1.54) is 4.31 Å². The minimum absolute atomic E-state index is 0.0567. The third-order valence-corrected chi connectivity index (χ3v) is 9.62. The van der Waals surface area contributed by atoms with Crippen LogP contribution in [0, 0.1) is 5.92 Å². The van der Waals surface area contributed by atoms with Crippen molar-refractivity contribution >= 4 is 33.8 Å². The van der Waals surface area contributed by atoms with Gasteiger partial charge in [0.1, 0.15) is 5.60 Å². The molecule has 1 N–H and O–H groups in total. The number of amides is 2. The number of sulfonamides is 1. The highest BCUT2D eigenvalue weighted by Crippen LogP contribution is 2.37. The van der Waals surface area contributed by atoms with E-state index >= 15 is 0 Å². The lowest BCUT2D eigenvalue weighted by Gasteiger charge is -2.38. The number of benzene rings is 2. The van der Waals surface area contributed by atoms with E-state index in [1.807, 2.05) is 51.1 Å². The van der Waals surface area contributed by atoms with Crippen molar-refractivity contribution in [1.29, 1.82) is 0 Å². The Labute approximate surface area is 223 Å². The van der Waals surface area contributed by atoms with Gasteiger partial charge in [-0.25, -0.2) is 13.2 Å². The number of rotatable bonds is 6. The van der Waals surface area contributed by atoms with Crippen LogP contribution in [-0.4, -0.2) is 66.0 Å². The molecule has 3 atom stereocenters. The van der Waals surface area contributed by atoms with E-state index in [0.717, 1.165) is 5.56 Å². The molecule has 2 fully saturated rings. The van der Waals surface area contributed by atoms with Gasteiger partial charge in [0.15, 0.2) is 0 Å². The third kappa shape index (κ3) is 6.86. The summed E-state index contributed by atoms with van der Waals surface area (Å²) in [7, 11) is -3.80. The predicted octanol–water partition coefficient (Wildman–Crippen LogP) is 4.25. The molecular weight excluding hydrogens is 510 g/mol. The molecule has 4 rings (SSSR count). The standard InChI is InChI=1S/C27H35N3O5S2/c1-27(2,3)35-26(32)29-18-22(36-19-29)16-28-25(31)21-14-15-24(20-10-6-4-7-11-20)30(17-21)37(33,34)23-12-8-5-9-13-23/h4-13,21-22,24H,14-19H2,1-3H3,(H,28,31). The van der Waals surface area contributed by atoms with Crippen LogP contribution >= 0.6 is 11.8 Å². The molecule has 2 aromatic rings. The molecule has 2 heterocycles. The minimum atomic E-state index is -3.80. The molecule has 2 aliphatic rings. The Morgan fingerprint density at radius 3 is 2.30 bits per heavy atom. The van der Waals surface area contributed by atoms with Crippen LogP contribution < -0.4 is 5.32 Å². The molecule has 200 valence electrons. The van der Waals surface area contributed by atoms with Crippen molar-refractivity contribution in [2.45, 2.75) is 55.4 Å². The average Bonchev–Trinajstić information content (AvgIpc) is 3.36. The average molecular weight is 546 g/mol. The lowest BCUT2D eigenvalue weighted by molar-refractivity contribution is -0.126. The van der Waals surface area contributed by atoms with E-state index in [-0.39, 0.29) is 34.7 Å². The van der Waals surface area contributed by atoms with Crippen LogP contribution in [-0.2, 0) is 19.6 Å². The molecule has 37 heavy (non-hydrogen) atoms. The predicted molar refractivity (Wildman–Crippen MR) is 144 cm³/mol. The van der Waals surface area contributed by atoms with Crippen LogP contribution in [0.3, 0.4) is 0 Å². The normalized spacial score (nSPS) is 23.0. The number of piperidine rings is 1. The molecule has 0 spiro atoms. The second-order valence-electron chi connectivity index (χ2n) is 10.5. The van der Waals surface area contributed by atoms with Gasteiger partial charge in [0.25, 0.3) is 0 Å². The van der Waals surface area contributed by atoms with Gasteiger partial charge >= 0.3 is 6.09 Å². The fraction of sp³-hybridized carbons (Fsp3) is 0.481. The zero-order chi connectivity index (χ0) is 26.6. The Morgan fingerprint density at radius 1 is 1.00 bits per heavy atom. The summed E-state index contributed by atoms with van der Waals surface area (Å²) < 4.78 is 34.2. The topological polar surface area (TPSA) is 96.0 Å². The summed E-state index contributed by atoms with van der Waals surface area (Å²) >= 11 is 1.60. The molecule has 2 aliphatic heterocycles. The van der Waals surface area contributed by atoms with Crippen LogP contribution in [0.5, 0.6) is 0 Å². The molecule has 2 saturated heterocycles. The summed E-state index contributed by atoms with van der Waals surface area (Å²) in [6.07, 6.45) is 0.794. The second-order valence-corrected chi connectivity index (χ2v) is 13.6. The first-order valence-corrected chi connectivity index (χ1v) is 15.0. The van der Waals surface area contributed by atoms with Crippen molar-refractivity contribution < 1.29 is 22.7 Å². The van der Waals surface area contributed by atoms with E-state index in [2.05, 4.69) is 5.32 Å². The second kappa shape index (κ2) is 11.4. The lowest BCUT2D eigenvalue weighted by Crippen LogP contribution is -2.47. The maximum Gasteiger partial charge on any atom is 0.411 e. The van der Waals surface area contributed by atoms with E-state index in [1.54, 1.807) is 47.0 Å². The van der Waals surface area contributed by atoms with Crippen molar-refractivity contribution in [2.75, 3.05) is 25.5 Å². The van der Waals surface area contributed by atoms with Crippen molar-refractivity contribution in [3.8, 4) is 0 Å². The quantitative estimate of drug-likeness (QED) is 0.583. The lowest BCUT2D eigenvalue weighted by atomic mass is 9.90. The zero-order valence-electron chi connectivity index (χ0n) is 21.5. The number of nitrogens with zero attached hydrogens (tertiary/aromatic N) is 2. The van der Waals surface area contributed by atoms with Gasteiger partial charge in [-0.1, -0.05) is 48.5 Å². The number of hydrogen-bond donors (Lipinski definition) is 1. The Kier molecular flexibility index (Phi) is 8.50. The molecule has 0 saturated carbocycles. The molecule has 10 heteroatoms. The minimum Gasteiger partial charge on any atom is -0.444 e. The summed E-state index contributed by atoms with van der Waals surface area (Å²) in [6.45, 7) is 6.52. The van der Waals surface area contributed by atoms with Gasteiger partial charge in [0, 0.05) is 24.9 Å². The molecule has 0 aromatic heterocycles. The van der Waals surface area contributed by atoms with Gasteiger partial charge in [0.2, 0.25) is 15.9 Å². The molecule has 2 amide bonds. The van der Waals surface area contributed by atoms with Crippen LogP contribution in [0.1, 0.15) is 45.2 Å². The molecule has 2 aromatic carbocycles. The highest BCUT2D eigenvalue weighted by atomic mass is 32.2. The molecule has 0 bridgehead atoms. The van der Waals surface area contributed by atoms with Gasteiger partial charge < -0.3 is 10.1 Å². The maximum atomic E-state index is 13.6. The highest BCUT2D eigenvalue weighted by Gasteiger charge is 2.40. The van der Waals surface area contributed by atoms with Gasteiger partial charge in [-0.05, 0) is 51.3 Å². The summed E-state index contributed by atoms with van der Waals surface area (Å²) in [5, 5.41) is 3.07. The van der Waals surface area contributed by atoms with Gasteiger partial charge in [-0.2, -0.15) is 4.31 Å². The first-order valence-electron chi connectivity index (χ1n) is 12.5. The van der Waals surface area contributed by atoms with Crippen molar-refractivity contribution in [2.24, 2.45) is 5.92 Å². The molecule has 8 nitrogen and oxygen atoms in total. The SMILES string of the molecule is CC(C)(C)OC(=O)N1CSC(CNC(=O)C2CCC(c3ccccc3)N(S(=O)(=O)c3ccccc3)C2)C1. The molecule has 3 unspecified atom stereocenters. The Bertz CT molecular complexity index is 1190. The van der Waals surface area contributed by atoms with Crippen molar-refractivity contribution in [3.05, 3.63) is 66.2 Å². The Balaban J connectivity index is 1.41. The van der Waals surface area contributed by atoms with Crippen LogP contribution in [0.25, 0.3) is 0 Å². The monoisotopic (exact) mass is 545 g/mol. The fourth-order valence-electron chi connectivity index (χ4n) is 4.64. The summed E-state index contributed by atoms with van der Waals surface area (Å²) in [4.78, 5) is 27.4. The number of carbonyl (C=O) groups excluding carboxylic acids is 2. The largest absolute Gasteiger partial charge is 0.444 e. The van der Waals surface area contributed by atoms with Gasteiger partial charge in [-0.15, -0.1) is 11.8 Å². The zero-order valence-corrected chi connectivity index (χ0v) is 23.1. The highest BCUT2D eigenvalue weighted by molar-refractivity contribution is 8.00. The van der Waals surface area contributed by atoms with E-state index < -0.39 is 21.5 Å². The van der Waals surface area contributed by atoms with Gasteiger partial charge in [0.05, 0.1) is 22.7 Å². The summed E-state index contributed by atoms with van der Waals surface area (Å²) in [5.41, 5.74) is 0.365. The van der Waals surface area contributed by atoms with Crippen LogP contribution in [0.15, 0.2) is 65.6 Å². The number of nitrogens with one attached hydrogen (secondary N) is 1. The summed E-state index contributed by atoms with van der Waals surface area (Å²) in [5.74, 6) is -0.0938. The van der Waals surface area contributed by atoms with E-state index in [9.17, 15) is 18.0 Å². The first-order chi connectivity index (χ1) is 17.5. The molecular formula is C27H35N3O5S2. The van der Waals surface area contributed by atoms with Crippen LogP contribution in [0.2, 0.25) is 0 Å². The fourth-order valence-corrected chi connectivity index (χ4v) is 7.44. The van der Waals surface area contributed by atoms with E-state index in [4.69, 9.17) is 4.74 Å². The third-order valence-electron chi connectivity index (χ3n) is 6.49. The Morgan fingerprint density at radius 2 is 1.65 bits per heavy atom. The van der Waals surface area contributed by atoms with Gasteiger partial charge in [-0.3, -0.25) is 9.69 Å². The van der Waals surface area contributed by atoms with E-state index in [0.29, 0.717) is 31.8 Å².